The summed E-state index contributed by atoms with van der Waals surface area (Å²) in [6, 6.07) is 0. The van der Waals surface area contributed by atoms with Crippen LogP contribution in [0.4, 0.5) is 0 Å². The van der Waals surface area contributed by atoms with Gasteiger partial charge in [0.05, 0.1) is 0 Å². The molecule has 0 bridgehead atoms. The molecule has 1 radical (unpaired) electrons. The Morgan fingerprint density at radius 3 is 2.56 bits per heavy atom. The first kappa shape index (κ1) is 6.07. The number of likely N-dealkylation sites (tertiary alicyclic amines) is 1. The highest BCUT2D eigenvalue weighted by atomic mass is 16.2. The number of amides is 2. The van der Waals surface area contributed by atoms with E-state index >= 15 is 0 Å². The highest BCUT2D eigenvalue weighted by Crippen LogP contribution is 2.06. The summed E-state index contributed by atoms with van der Waals surface area (Å²) in [5, 5.41) is 0. The second kappa shape index (κ2) is 2.05. The largest absolute Gasteiger partial charge is 0.333 e. The van der Waals surface area contributed by atoms with Gasteiger partial charge in [0.15, 0.2) is 0 Å². The third-order valence-electron chi connectivity index (χ3n) is 1.28. The average Bonchev–Trinajstić information content (AvgIpc) is 1.79. The van der Waals surface area contributed by atoms with E-state index in [0.717, 1.165) is 0 Å². The zero-order chi connectivity index (χ0) is 6.85. The summed E-state index contributed by atoms with van der Waals surface area (Å²) in [6.45, 7) is 0.613. The molecule has 0 aliphatic carbocycles. The fourth-order valence-electron chi connectivity index (χ4n) is 0.702. The topological polar surface area (TPSA) is 61.2 Å². The van der Waals surface area contributed by atoms with E-state index in [0.29, 0.717) is 13.0 Å². The van der Waals surface area contributed by atoms with Crippen LogP contribution in [0.3, 0.4) is 0 Å². The second-order valence-corrected chi connectivity index (χ2v) is 1.99. The van der Waals surface area contributed by atoms with Crippen molar-refractivity contribution in [2.24, 2.45) is 0 Å². The van der Waals surface area contributed by atoms with Gasteiger partial charge in [0.25, 0.3) is 5.91 Å². The van der Waals surface area contributed by atoms with Crippen LogP contribution in [0, 0.1) is 0 Å². The van der Waals surface area contributed by atoms with Crippen molar-refractivity contribution in [1.29, 1.82) is 0 Å². The normalized spacial score (nSPS) is 17.3. The molecule has 1 fully saturated rings. The third-order valence-corrected chi connectivity index (χ3v) is 1.28. The molecule has 0 aromatic carbocycles. The minimum atomic E-state index is -0.692. The molecule has 1 aliphatic rings. The summed E-state index contributed by atoms with van der Waals surface area (Å²) in [7, 11) is 0. The van der Waals surface area contributed by atoms with E-state index in [4.69, 9.17) is 5.73 Å². The van der Waals surface area contributed by atoms with Crippen LogP contribution in [-0.4, -0.2) is 29.8 Å². The predicted molar refractivity (Wildman–Crippen MR) is 29.3 cm³/mol. The number of rotatable bonds is 2. The minimum Gasteiger partial charge on any atom is -0.333 e. The van der Waals surface area contributed by atoms with Gasteiger partial charge in [-0.15, -0.1) is 0 Å². The van der Waals surface area contributed by atoms with Crippen molar-refractivity contribution in [3.8, 4) is 0 Å². The van der Waals surface area contributed by atoms with Gasteiger partial charge in [-0.1, -0.05) is 0 Å². The summed E-state index contributed by atoms with van der Waals surface area (Å²) in [4.78, 5) is 21.9. The molecule has 49 valence electrons. The molecular formula is C5H7N2O2. The molecule has 4 nitrogen and oxygen atoms in total. The van der Waals surface area contributed by atoms with E-state index in [-0.39, 0.29) is 12.5 Å². The predicted octanol–water partition coefficient (Wildman–Crippen LogP) is -0.972. The monoisotopic (exact) mass is 127 g/mol. The smallest absolute Gasteiger partial charge is 0.257 e. The molecule has 1 aliphatic heterocycles. The van der Waals surface area contributed by atoms with E-state index in [1.807, 2.05) is 0 Å². The summed E-state index contributed by atoms with van der Waals surface area (Å²) in [5.41, 5.74) is 6.50. The standard InChI is InChI=1S/C5H7N2O2/c6-4(8)3-7-2-1-5(7)9/h6H,1-3H2. The molecule has 0 spiro atoms. The fourth-order valence-corrected chi connectivity index (χ4v) is 0.702. The van der Waals surface area contributed by atoms with Gasteiger partial charge < -0.3 is 4.90 Å². The first-order valence-corrected chi connectivity index (χ1v) is 2.72. The van der Waals surface area contributed by atoms with Crippen LogP contribution in [0.15, 0.2) is 0 Å². The summed E-state index contributed by atoms with van der Waals surface area (Å²) in [6.07, 6.45) is 0.535. The molecular weight excluding hydrogens is 120 g/mol. The van der Waals surface area contributed by atoms with Crippen molar-refractivity contribution in [3.05, 3.63) is 0 Å². The number of carbonyl (C=O) groups is 2. The molecule has 1 N–H and O–H groups in total. The Bertz CT molecular complexity index is 155. The number of hydrogen-bond acceptors (Lipinski definition) is 2. The van der Waals surface area contributed by atoms with E-state index in [2.05, 4.69) is 0 Å². The van der Waals surface area contributed by atoms with Gasteiger partial charge in [0.2, 0.25) is 5.91 Å². The lowest BCUT2D eigenvalue weighted by atomic mass is 10.2. The lowest BCUT2D eigenvalue weighted by Crippen LogP contribution is -2.46. The lowest BCUT2D eigenvalue weighted by Gasteiger charge is -2.28. The van der Waals surface area contributed by atoms with Crippen LogP contribution in [0.25, 0.3) is 0 Å². The summed E-state index contributed by atoms with van der Waals surface area (Å²) in [5.74, 6) is -0.710. The number of carbonyl (C=O) groups excluding carboxylic acids is 2. The van der Waals surface area contributed by atoms with Gasteiger partial charge in [-0.2, -0.15) is 0 Å². The van der Waals surface area contributed by atoms with Crippen LogP contribution in [0.1, 0.15) is 6.42 Å². The Hall–Kier alpha value is -1.06. The maximum absolute atomic E-state index is 10.5. The van der Waals surface area contributed by atoms with E-state index < -0.39 is 5.91 Å². The minimum absolute atomic E-state index is 0.0180. The van der Waals surface area contributed by atoms with Crippen LogP contribution in [0.5, 0.6) is 0 Å². The van der Waals surface area contributed by atoms with Gasteiger partial charge in [-0.05, 0) is 0 Å². The Balaban J connectivity index is 2.29. The van der Waals surface area contributed by atoms with Crippen molar-refractivity contribution in [2.75, 3.05) is 13.1 Å². The van der Waals surface area contributed by atoms with Crippen LogP contribution in [-0.2, 0) is 9.59 Å². The number of hydrogen-bond donors (Lipinski definition) is 0. The van der Waals surface area contributed by atoms with Gasteiger partial charge >= 0.3 is 0 Å². The number of nitrogens with zero attached hydrogens (tertiary/aromatic N) is 1. The summed E-state index contributed by atoms with van der Waals surface area (Å²) >= 11 is 0. The first-order valence-electron chi connectivity index (χ1n) is 2.72. The van der Waals surface area contributed by atoms with Gasteiger partial charge in [0.1, 0.15) is 6.54 Å². The SMILES string of the molecule is [NH]C(=O)CN1CCC1=O. The van der Waals surface area contributed by atoms with Crippen molar-refractivity contribution in [3.63, 3.8) is 0 Å². The van der Waals surface area contributed by atoms with Crippen molar-refractivity contribution < 1.29 is 9.59 Å². The summed E-state index contributed by atoms with van der Waals surface area (Å²) < 4.78 is 0. The molecule has 4 heteroatoms. The maximum Gasteiger partial charge on any atom is 0.257 e. The highest BCUT2D eigenvalue weighted by molar-refractivity contribution is 5.87. The average molecular weight is 127 g/mol. The Labute approximate surface area is 52.6 Å². The van der Waals surface area contributed by atoms with Crippen LogP contribution >= 0.6 is 0 Å². The fraction of sp³-hybridized carbons (Fsp3) is 0.600. The molecule has 9 heavy (non-hydrogen) atoms. The van der Waals surface area contributed by atoms with Gasteiger partial charge in [-0.25, -0.2) is 0 Å². The molecule has 1 heterocycles. The maximum atomic E-state index is 10.5. The number of β-lactam (4-membered cyclic amide) rings is 1. The molecule has 0 unspecified atom stereocenters. The zero-order valence-electron chi connectivity index (χ0n) is 4.89. The van der Waals surface area contributed by atoms with Gasteiger partial charge in [-0.3, -0.25) is 15.3 Å². The third kappa shape index (κ3) is 1.19. The molecule has 0 aromatic heterocycles. The van der Waals surface area contributed by atoms with E-state index in [1.54, 1.807) is 0 Å². The molecule has 1 rings (SSSR count). The Kier molecular flexibility index (Phi) is 1.38. The molecule has 0 aromatic rings. The van der Waals surface area contributed by atoms with Gasteiger partial charge in [0, 0.05) is 13.0 Å². The van der Waals surface area contributed by atoms with Crippen molar-refractivity contribution >= 4 is 11.8 Å². The molecule has 1 saturated heterocycles. The van der Waals surface area contributed by atoms with Crippen LogP contribution < -0.4 is 5.73 Å². The van der Waals surface area contributed by atoms with E-state index in [9.17, 15) is 9.59 Å². The zero-order valence-corrected chi connectivity index (χ0v) is 4.89. The molecule has 0 atom stereocenters. The quantitative estimate of drug-likeness (QED) is 0.448. The second-order valence-electron chi connectivity index (χ2n) is 1.99. The first-order chi connectivity index (χ1) is 4.20. The Morgan fingerprint density at radius 2 is 2.44 bits per heavy atom. The number of nitrogens with one attached hydrogen (secondary N) is 1. The van der Waals surface area contributed by atoms with E-state index in [1.165, 1.54) is 4.90 Å². The van der Waals surface area contributed by atoms with Crippen molar-refractivity contribution in [1.82, 2.24) is 10.6 Å². The molecule has 0 saturated carbocycles. The van der Waals surface area contributed by atoms with Crippen molar-refractivity contribution in [2.45, 2.75) is 6.42 Å². The lowest BCUT2D eigenvalue weighted by molar-refractivity contribution is -0.143. The van der Waals surface area contributed by atoms with Crippen LogP contribution in [0.2, 0.25) is 0 Å². The molecule has 2 amide bonds. The Morgan fingerprint density at radius 1 is 1.78 bits per heavy atom. The highest BCUT2D eigenvalue weighted by Gasteiger charge is 2.24.